The third-order valence-corrected chi connectivity index (χ3v) is 6.18. The van der Waals surface area contributed by atoms with Crippen LogP contribution >= 0.6 is 0 Å². The molecule has 0 spiro atoms. The summed E-state index contributed by atoms with van der Waals surface area (Å²) >= 11 is 0. The maximum Gasteiger partial charge on any atom is 0.257 e. The van der Waals surface area contributed by atoms with Crippen molar-refractivity contribution in [2.75, 3.05) is 25.4 Å². The molecule has 0 bridgehead atoms. The third kappa shape index (κ3) is 4.72. The number of nitrogen functional groups attached to an aromatic ring is 1. The molecular weight excluding hydrogens is 419 g/mol. The van der Waals surface area contributed by atoms with E-state index in [1.807, 2.05) is 31.2 Å². The summed E-state index contributed by atoms with van der Waals surface area (Å²) in [6.07, 6.45) is 2.58. The van der Waals surface area contributed by atoms with Gasteiger partial charge in [0, 0.05) is 25.8 Å². The van der Waals surface area contributed by atoms with Gasteiger partial charge in [-0.3, -0.25) is 9.59 Å². The van der Waals surface area contributed by atoms with E-state index in [0.29, 0.717) is 38.0 Å². The Morgan fingerprint density at radius 1 is 1.12 bits per heavy atom. The molecule has 7 heteroatoms. The lowest BCUT2D eigenvalue weighted by atomic mass is 9.79. The normalized spacial score (nSPS) is 17.7. The van der Waals surface area contributed by atoms with E-state index in [4.69, 9.17) is 5.73 Å². The number of carbonyl (C=O) groups excluding carboxylic acids is 2. The molecule has 1 saturated heterocycles. The summed E-state index contributed by atoms with van der Waals surface area (Å²) < 4.78 is 13.3. The molecule has 3 N–H and O–H groups in total. The summed E-state index contributed by atoms with van der Waals surface area (Å²) in [5.41, 5.74) is 8.35. The number of amides is 2. The molecule has 0 aliphatic carbocycles. The summed E-state index contributed by atoms with van der Waals surface area (Å²) in [4.78, 5) is 32.0. The lowest BCUT2D eigenvalue weighted by molar-refractivity contribution is -0.130. The number of hydrogen-bond donors (Lipinski definition) is 2. The van der Waals surface area contributed by atoms with Crippen molar-refractivity contribution in [1.29, 1.82) is 0 Å². The van der Waals surface area contributed by atoms with Crippen LogP contribution in [0.3, 0.4) is 0 Å². The SMILES string of the molecule is CCNC(=O)[C@]1(Cc2cccc(-c3ccc(F)cc3)c2)CCN(C(=O)c2cccnc2N)C1. The highest BCUT2D eigenvalue weighted by atomic mass is 19.1. The molecule has 0 unspecified atom stereocenters. The van der Waals surface area contributed by atoms with E-state index in [9.17, 15) is 14.0 Å². The van der Waals surface area contributed by atoms with E-state index in [2.05, 4.69) is 10.3 Å². The molecule has 1 aromatic heterocycles. The number of nitrogens with one attached hydrogen (secondary N) is 1. The predicted octanol–water partition coefficient (Wildman–Crippen LogP) is 3.68. The van der Waals surface area contributed by atoms with Gasteiger partial charge in [-0.05, 0) is 60.7 Å². The first kappa shape index (κ1) is 22.5. The molecule has 2 aromatic carbocycles. The molecule has 170 valence electrons. The van der Waals surface area contributed by atoms with Gasteiger partial charge in [-0.2, -0.15) is 0 Å². The fourth-order valence-corrected chi connectivity index (χ4v) is 4.47. The van der Waals surface area contributed by atoms with Gasteiger partial charge in [0.1, 0.15) is 11.6 Å². The van der Waals surface area contributed by atoms with Gasteiger partial charge in [0.25, 0.3) is 5.91 Å². The highest BCUT2D eigenvalue weighted by Crippen LogP contribution is 2.36. The molecule has 4 rings (SSSR count). The third-order valence-electron chi connectivity index (χ3n) is 6.18. The van der Waals surface area contributed by atoms with Crippen LogP contribution in [0.4, 0.5) is 10.2 Å². The molecule has 1 aliphatic rings. The number of halogens is 1. The topological polar surface area (TPSA) is 88.3 Å². The second kappa shape index (κ2) is 9.40. The zero-order chi connectivity index (χ0) is 23.4. The van der Waals surface area contributed by atoms with Crippen LogP contribution in [0.5, 0.6) is 0 Å². The van der Waals surface area contributed by atoms with Crippen LogP contribution in [0.15, 0.2) is 66.9 Å². The zero-order valence-electron chi connectivity index (χ0n) is 18.6. The van der Waals surface area contributed by atoms with E-state index < -0.39 is 5.41 Å². The van der Waals surface area contributed by atoms with Crippen LogP contribution in [0.25, 0.3) is 11.1 Å². The minimum absolute atomic E-state index is 0.0633. The average molecular weight is 447 g/mol. The van der Waals surface area contributed by atoms with E-state index in [0.717, 1.165) is 16.7 Å². The maximum atomic E-state index is 13.3. The van der Waals surface area contributed by atoms with Crippen molar-refractivity contribution < 1.29 is 14.0 Å². The number of pyridine rings is 1. The van der Waals surface area contributed by atoms with Crippen LogP contribution in [-0.2, 0) is 11.2 Å². The monoisotopic (exact) mass is 446 g/mol. The molecule has 33 heavy (non-hydrogen) atoms. The second-order valence-electron chi connectivity index (χ2n) is 8.44. The molecule has 1 atom stereocenters. The van der Waals surface area contributed by atoms with Gasteiger partial charge in [-0.15, -0.1) is 0 Å². The first-order chi connectivity index (χ1) is 15.9. The fraction of sp³-hybridized carbons (Fsp3) is 0.269. The molecule has 3 aromatic rings. The van der Waals surface area contributed by atoms with Crippen molar-refractivity contribution in [2.24, 2.45) is 5.41 Å². The number of benzene rings is 2. The number of nitrogens with zero attached hydrogens (tertiary/aromatic N) is 2. The average Bonchev–Trinajstić information content (AvgIpc) is 3.25. The van der Waals surface area contributed by atoms with E-state index in [1.54, 1.807) is 35.4 Å². The Balaban J connectivity index is 1.60. The van der Waals surface area contributed by atoms with E-state index >= 15 is 0 Å². The summed E-state index contributed by atoms with van der Waals surface area (Å²) in [6, 6.07) is 17.6. The van der Waals surface area contributed by atoms with Crippen molar-refractivity contribution in [3.05, 3.63) is 83.8 Å². The predicted molar refractivity (Wildman–Crippen MR) is 126 cm³/mol. The van der Waals surface area contributed by atoms with Crippen LogP contribution in [-0.4, -0.2) is 41.3 Å². The van der Waals surface area contributed by atoms with Gasteiger partial charge in [0.05, 0.1) is 11.0 Å². The number of aromatic nitrogens is 1. The summed E-state index contributed by atoms with van der Waals surface area (Å²) in [6.45, 7) is 3.16. The largest absolute Gasteiger partial charge is 0.383 e. The van der Waals surface area contributed by atoms with Crippen molar-refractivity contribution in [2.45, 2.75) is 19.8 Å². The Bertz CT molecular complexity index is 1160. The summed E-state index contributed by atoms with van der Waals surface area (Å²) in [7, 11) is 0. The van der Waals surface area contributed by atoms with Gasteiger partial charge < -0.3 is 16.0 Å². The Hall–Kier alpha value is -3.74. The van der Waals surface area contributed by atoms with Crippen molar-refractivity contribution in [3.63, 3.8) is 0 Å². The molecule has 6 nitrogen and oxygen atoms in total. The smallest absolute Gasteiger partial charge is 0.257 e. The minimum Gasteiger partial charge on any atom is -0.383 e. The number of rotatable bonds is 6. The van der Waals surface area contributed by atoms with Crippen molar-refractivity contribution in [1.82, 2.24) is 15.2 Å². The van der Waals surface area contributed by atoms with Crippen molar-refractivity contribution in [3.8, 4) is 11.1 Å². The first-order valence-corrected chi connectivity index (χ1v) is 11.0. The first-order valence-electron chi connectivity index (χ1n) is 11.0. The number of hydrogen-bond acceptors (Lipinski definition) is 4. The maximum absolute atomic E-state index is 13.3. The lowest BCUT2D eigenvalue weighted by Gasteiger charge is -2.28. The molecule has 0 saturated carbocycles. The van der Waals surface area contributed by atoms with E-state index in [1.165, 1.54) is 12.1 Å². The highest BCUT2D eigenvalue weighted by Gasteiger charge is 2.46. The summed E-state index contributed by atoms with van der Waals surface area (Å²) in [5.74, 6) is -0.376. The highest BCUT2D eigenvalue weighted by molar-refractivity contribution is 5.99. The number of carbonyl (C=O) groups is 2. The van der Waals surface area contributed by atoms with Gasteiger partial charge in [0.2, 0.25) is 5.91 Å². The van der Waals surface area contributed by atoms with Gasteiger partial charge in [0.15, 0.2) is 0 Å². The second-order valence-corrected chi connectivity index (χ2v) is 8.44. The molecular formula is C26H27FN4O2. The minimum atomic E-state index is -0.746. The summed E-state index contributed by atoms with van der Waals surface area (Å²) in [5, 5.41) is 2.96. The standard InChI is InChI=1S/C26H27FN4O2/c1-2-29-25(33)26(12-14-31(17-26)24(32)22-7-4-13-30-23(22)28)16-18-5-3-6-20(15-18)19-8-10-21(27)11-9-19/h3-11,13,15H,2,12,14,16-17H2,1H3,(H2,28,30)(H,29,33)/t26-/m0/s1. The number of nitrogens with two attached hydrogens (primary N) is 1. The van der Waals surface area contributed by atoms with E-state index in [-0.39, 0.29) is 23.4 Å². The molecule has 2 heterocycles. The Morgan fingerprint density at radius 3 is 2.64 bits per heavy atom. The Morgan fingerprint density at radius 2 is 1.91 bits per heavy atom. The van der Waals surface area contributed by atoms with Gasteiger partial charge in [-0.25, -0.2) is 9.37 Å². The zero-order valence-corrected chi connectivity index (χ0v) is 18.6. The number of likely N-dealkylation sites (tertiary alicyclic amines) is 1. The number of anilines is 1. The van der Waals surface area contributed by atoms with Crippen LogP contribution < -0.4 is 11.1 Å². The molecule has 2 amide bonds. The Kier molecular flexibility index (Phi) is 6.40. The Labute approximate surface area is 192 Å². The van der Waals surface area contributed by atoms with Gasteiger partial charge >= 0.3 is 0 Å². The van der Waals surface area contributed by atoms with Gasteiger partial charge in [-0.1, -0.05) is 36.4 Å². The van der Waals surface area contributed by atoms with Crippen molar-refractivity contribution >= 4 is 17.6 Å². The molecule has 0 radical (unpaired) electrons. The molecule has 1 aliphatic heterocycles. The van der Waals surface area contributed by atoms with Crippen LogP contribution in [0.1, 0.15) is 29.3 Å². The quantitative estimate of drug-likeness (QED) is 0.605. The van der Waals surface area contributed by atoms with Crippen LogP contribution in [0.2, 0.25) is 0 Å². The molecule has 1 fully saturated rings. The van der Waals surface area contributed by atoms with Crippen LogP contribution in [0, 0.1) is 11.2 Å². The lowest BCUT2D eigenvalue weighted by Crippen LogP contribution is -2.45. The fourth-order valence-electron chi connectivity index (χ4n) is 4.47.